The molecule has 3 rings (SSSR count). The second-order valence-electron chi connectivity index (χ2n) is 4.23. The van der Waals surface area contributed by atoms with E-state index in [1.807, 2.05) is 18.2 Å². The average molecular weight is 288 g/mol. The predicted octanol–water partition coefficient (Wildman–Crippen LogP) is 3.97. The Balaban J connectivity index is 2.07. The van der Waals surface area contributed by atoms with E-state index in [1.165, 1.54) is 0 Å². The van der Waals surface area contributed by atoms with Crippen LogP contribution in [0.5, 0.6) is 0 Å². The molecule has 6 heteroatoms. The van der Waals surface area contributed by atoms with E-state index >= 15 is 0 Å². The number of aromatic nitrogens is 2. The maximum atomic E-state index is 10.6. The van der Waals surface area contributed by atoms with Crippen molar-refractivity contribution in [3.63, 3.8) is 0 Å². The van der Waals surface area contributed by atoms with Crippen molar-refractivity contribution >= 4 is 34.4 Å². The Morgan fingerprint density at radius 3 is 2.80 bits per heavy atom. The minimum Gasteiger partial charge on any atom is -0.465 e. The summed E-state index contributed by atoms with van der Waals surface area (Å²) in [7, 11) is 0. The summed E-state index contributed by atoms with van der Waals surface area (Å²) in [6, 6.07) is 12.5. The number of hydrogen-bond donors (Lipinski definition) is 3. The molecule has 0 saturated heterocycles. The summed E-state index contributed by atoms with van der Waals surface area (Å²) in [5.74, 6) is 0.651. The zero-order valence-electron chi connectivity index (χ0n) is 10.2. The van der Waals surface area contributed by atoms with Crippen molar-refractivity contribution in [2.24, 2.45) is 0 Å². The molecule has 0 radical (unpaired) electrons. The van der Waals surface area contributed by atoms with E-state index in [1.54, 1.807) is 24.3 Å². The summed E-state index contributed by atoms with van der Waals surface area (Å²) < 4.78 is 0. The molecule has 3 aromatic rings. The number of nitrogens with one attached hydrogen (secondary N) is 2. The van der Waals surface area contributed by atoms with Gasteiger partial charge in [0.1, 0.15) is 5.82 Å². The van der Waals surface area contributed by atoms with Crippen LogP contribution in [0.1, 0.15) is 0 Å². The number of carbonyl (C=O) groups is 1. The first-order valence-electron chi connectivity index (χ1n) is 5.88. The molecular formula is C14H10ClN3O2. The van der Waals surface area contributed by atoms with Gasteiger partial charge in [-0.25, -0.2) is 9.78 Å². The minimum absolute atomic E-state index is 0.486. The Morgan fingerprint density at radius 1 is 1.25 bits per heavy atom. The van der Waals surface area contributed by atoms with Crippen molar-refractivity contribution in [3.05, 3.63) is 47.5 Å². The molecule has 0 aliphatic heterocycles. The fraction of sp³-hybridized carbons (Fsp3) is 0. The topological polar surface area (TPSA) is 78.0 Å². The van der Waals surface area contributed by atoms with Crippen molar-refractivity contribution in [1.82, 2.24) is 9.97 Å². The molecule has 0 unspecified atom stereocenters. The van der Waals surface area contributed by atoms with Crippen molar-refractivity contribution < 1.29 is 9.90 Å². The van der Waals surface area contributed by atoms with Gasteiger partial charge in [0, 0.05) is 11.3 Å². The van der Waals surface area contributed by atoms with Gasteiger partial charge in [0.25, 0.3) is 0 Å². The molecule has 0 atom stereocenters. The van der Waals surface area contributed by atoms with Crippen LogP contribution < -0.4 is 5.32 Å². The molecular weight excluding hydrogens is 278 g/mol. The third kappa shape index (κ3) is 2.31. The van der Waals surface area contributed by atoms with Crippen molar-refractivity contribution in [2.45, 2.75) is 0 Å². The van der Waals surface area contributed by atoms with Crippen molar-refractivity contribution in [3.8, 4) is 11.4 Å². The highest BCUT2D eigenvalue weighted by Gasteiger charge is 2.09. The maximum absolute atomic E-state index is 10.6. The summed E-state index contributed by atoms with van der Waals surface area (Å²) >= 11 is 6.14. The van der Waals surface area contributed by atoms with Crippen LogP contribution in [0.25, 0.3) is 22.4 Å². The van der Waals surface area contributed by atoms with E-state index in [4.69, 9.17) is 16.7 Å². The fourth-order valence-corrected chi connectivity index (χ4v) is 2.22. The number of nitrogens with zero attached hydrogens (tertiary/aromatic N) is 1. The average Bonchev–Trinajstić information content (AvgIpc) is 2.81. The van der Waals surface area contributed by atoms with E-state index in [9.17, 15) is 4.79 Å². The molecule has 0 saturated carbocycles. The number of H-pyrrole nitrogens is 1. The third-order valence-corrected chi connectivity index (χ3v) is 3.19. The summed E-state index contributed by atoms with van der Waals surface area (Å²) in [5, 5.41) is 11.6. The van der Waals surface area contributed by atoms with Crippen LogP contribution in [0.2, 0.25) is 5.02 Å². The number of aromatic amines is 1. The first-order chi connectivity index (χ1) is 9.63. The normalized spacial score (nSPS) is 10.7. The van der Waals surface area contributed by atoms with Gasteiger partial charge in [-0.1, -0.05) is 23.7 Å². The number of imidazole rings is 1. The zero-order valence-corrected chi connectivity index (χ0v) is 11.0. The van der Waals surface area contributed by atoms with E-state index < -0.39 is 6.09 Å². The van der Waals surface area contributed by atoms with Gasteiger partial charge in [-0.3, -0.25) is 5.32 Å². The Labute approximate surface area is 119 Å². The lowest BCUT2D eigenvalue weighted by atomic mass is 10.2. The van der Waals surface area contributed by atoms with Gasteiger partial charge in [0.05, 0.1) is 16.1 Å². The molecule has 3 N–H and O–H groups in total. The second-order valence-corrected chi connectivity index (χ2v) is 4.63. The first kappa shape index (κ1) is 12.5. The van der Waals surface area contributed by atoms with Crippen LogP contribution in [0.4, 0.5) is 10.5 Å². The van der Waals surface area contributed by atoms with E-state index in [0.717, 1.165) is 16.6 Å². The quantitative estimate of drug-likeness (QED) is 0.667. The van der Waals surface area contributed by atoms with Crippen LogP contribution >= 0.6 is 11.6 Å². The number of rotatable bonds is 2. The Bertz CT molecular complexity index is 798. The highest BCUT2D eigenvalue weighted by molar-refractivity contribution is 6.33. The highest BCUT2D eigenvalue weighted by Crippen LogP contribution is 2.27. The number of amides is 1. The molecule has 1 amide bonds. The number of carboxylic acid groups (broad SMARTS) is 1. The monoisotopic (exact) mass is 287 g/mol. The van der Waals surface area contributed by atoms with E-state index in [-0.39, 0.29) is 0 Å². The van der Waals surface area contributed by atoms with Gasteiger partial charge >= 0.3 is 6.09 Å². The lowest BCUT2D eigenvalue weighted by molar-refractivity contribution is 0.210. The molecule has 0 spiro atoms. The van der Waals surface area contributed by atoms with E-state index in [0.29, 0.717) is 16.5 Å². The molecule has 2 aromatic carbocycles. The molecule has 0 bridgehead atoms. The standard InChI is InChI=1S/C14H10ClN3O2/c15-10-4-2-1-3-9(10)13-17-11-6-5-8(16-14(19)20)7-12(11)18-13/h1-7,16H,(H,17,18)(H,19,20). The number of fused-ring (bicyclic) bond motifs is 1. The molecule has 0 fully saturated rings. The van der Waals surface area contributed by atoms with Crippen LogP contribution in [0, 0.1) is 0 Å². The van der Waals surface area contributed by atoms with Crippen LogP contribution in [-0.4, -0.2) is 21.2 Å². The summed E-state index contributed by atoms with van der Waals surface area (Å²) in [4.78, 5) is 18.2. The molecule has 100 valence electrons. The van der Waals surface area contributed by atoms with Gasteiger partial charge in [0.15, 0.2) is 0 Å². The Kier molecular flexibility index (Phi) is 3.04. The third-order valence-electron chi connectivity index (χ3n) is 2.86. The largest absolute Gasteiger partial charge is 0.465 e. The zero-order chi connectivity index (χ0) is 14.1. The van der Waals surface area contributed by atoms with Gasteiger partial charge in [-0.15, -0.1) is 0 Å². The minimum atomic E-state index is -1.10. The lowest BCUT2D eigenvalue weighted by Gasteiger charge is -1.99. The highest BCUT2D eigenvalue weighted by atomic mass is 35.5. The van der Waals surface area contributed by atoms with E-state index in [2.05, 4.69) is 15.3 Å². The number of benzene rings is 2. The molecule has 0 aliphatic carbocycles. The summed E-state index contributed by atoms with van der Waals surface area (Å²) in [6.07, 6.45) is -1.10. The first-order valence-corrected chi connectivity index (χ1v) is 6.26. The van der Waals surface area contributed by atoms with Crippen LogP contribution in [-0.2, 0) is 0 Å². The number of anilines is 1. The smallest absolute Gasteiger partial charge is 0.409 e. The molecule has 5 nitrogen and oxygen atoms in total. The summed E-state index contributed by atoms with van der Waals surface area (Å²) in [5.41, 5.74) is 2.78. The molecule has 1 aromatic heterocycles. The van der Waals surface area contributed by atoms with Gasteiger partial charge in [-0.05, 0) is 30.3 Å². The molecule has 0 aliphatic rings. The summed E-state index contributed by atoms with van der Waals surface area (Å²) in [6.45, 7) is 0. The maximum Gasteiger partial charge on any atom is 0.409 e. The van der Waals surface area contributed by atoms with Gasteiger partial charge in [0.2, 0.25) is 0 Å². The predicted molar refractivity (Wildman–Crippen MR) is 78.2 cm³/mol. The lowest BCUT2D eigenvalue weighted by Crippen LogP contribution is -2.06. The fourth-order valence-electron chi connectivity index (χ4n) is 1.99. The van der Waals surface area contributed by atoms with Gasteiger partial charge < -0.3 is 10.1 Å². The Hall–Kier alpha value is -2.53. The SMILES string of the molecule is O=C(O)Nc1ccc2nc(-c3ccccc3Cl)[nH]c2c1. The van der Waals surface area contributed by atoms with Crippen molar-refractivity contribution in [1.29, 1.82) is 0 Å². The second kappa shape index (κ2) is 4.86. The van der Waals surface area contributed by atoms with Crippen LogP contribution in [0.3, 0.4) is 0 Å². The van der Waals surface area contributed by atoms with Crippen LogP contribution in [0.15, 0.2) is 42.5 Å². The number of hydrogen-bond acceptors (Lipinski definition) is 2. The number of halogens is 1. The van der Waals surface area contributed by atoms with Gasteiger partial charge in [-0.2, -0.15) is 0 Å². The van der Waals surface area contributed by atoms with Crippen molar-refractivity contribution in [2.75, 3.05) is 5.32 Å². The Morgan fingerprint density at radius 2 is 2.05 bits per heavy atom. The molecule has 20 heavy (non-hydrogen) atoms. The molecule has 1 heterocycles.